The first-order valence-corrected chi connectivity index (χ1v) is 9.23. The van der Waals surface area contributed by atoms with Crippen LogP contribution in [0.2, 0.25) is 0 Å². The van der Waals surface area contributed by atoms with Crippen molar-refractivity contribution in [2.45, 2.75) is 11.3 Å². The van der Waals surface area contributed by atoms with Crippen molar-refractivity contribution in [3.63, 3.8) is 0 Å². The van der Waals surface area contributed by atoms with E-state index in [1.807, 2.05) is 24.3 Å². The standard InChI is InChI=1S/C19H16N2O5S/c1-23-13-8-6-12(7-9-13)14(22)11-27-19-21-20-18(26-19)17-10-24-15-4-2-3-5-16(15)25-17/h2-9,17H,10-11H2,1H3/t17-/m0/s1. The molecule has 0 aliphatic carbocycles. The lowest BCUT2D eigenvalue weighted by Crippen LogP contribution is -2.21. The summed E-state index contributed by atoms with van der Waals surface area (Å²) in [6, 6.07) is 14.4. The average molecular weight is 384 g/mol. The number of ketones is 1. The molecule has 2 heterocycles. The number of aromatic nitrogens is 2. The molecule has 1 aliphatic heterocycles. The van der Waals surface area contributed by atoms with Crippen molar-refractivity contribution >= 4 is 17.5 Å². The van der Waals surface area contributed by atoms with E-state index < -0.39 is 6.10 Å². The van der Waals surface area contributed by atoms with Crippen molar-refractivity contribution in [3.8, 4) is 17.2 Å². The maximum atomic E-state index is 12.3. The van der Waals surface area contributed by atoms with Crippen LogP contribution in [0.25, 0.3) is 0 Å². The van der Waals surface area contributed by atoms with Gasteiger partial charge in [0.15, 0.2) is 17.3 Å². The van der Waals surface area contributed by atoms with Gasteiger partial charge in [-0.25, -0.2) is 0 Å². The average Bonchev–Trinajstić information content (AvgIpc) is 3.21. The second-order valence-electron chi connectivity index (χ2n) is 5.71. The van der Waals surface area contributed by atoms with Crippen LogP contribution in [-0.4, -0.2) is 35.5 Å². The Morgan fingerprint density at radius 1 is 1.15 bits per heavy atom. The molecule has 138 valence electrons. The smallest absolute Gasteiger partial charge is 0.277 e. The molecule has 0 bridgehead atoms. The van der Waals surface area contributed by atoms with Gasteiger partial charge in [-0.2, -0.15) is 0 Å². The van der Waals surface area contributed by atoms with E-state index in [1.54, 1.807) is 31.4 Å². The minimum atomic E-state index is -0.473. The normalized spacial score (nSPS) is 15.4. The predicted molar refractivity (Wildman–Crippen MR) is 97.7 cm³/mol. The molecular weight excluding hydrogens is 368 g/mol. The van der Waals surface area contributed by atoms with Crippen molar-refractivity contribution in [2.75, 3.05) is 19.5 Å². The van der Waals surface area contributed by atoms with Gasteiger partial charge in [0.05, 0.1) is 12.9 Å². The molecule has 0 spiro atoms. The number of hydrogen-bond donors (Lipinski definition) is 0. The van der Waals surface area contributed by atoms with E-state index in [0.29, 0.717) is 33.9 Å². The molecule has 0 fully saturated rings. The van der Waals surface area contributed by atoms with Gasteiger partial charge >= 0.3 is 0 Å². The number of carbonyl (C=O) groups excluding carboxylic acids is 1. The first kappa shape index (κ1) is 17.4. The van der Waals surface area contributed by atoms with Gasteiger partial charge in [0.2, 0.25) is 6.10 Å². The second kappa shape index (κ2) is 7.71. The molecule has 1 atom stereocenters. The quantitative estimate of drug-likeness (QED) is 0.471. The van der Waals surface area contributed by atoms with Crippen LogP contribution in [0.5, 0.6) is 17.2 Å². The molecule has 8 heteroatoms. The number of Topliss-reactive ketones (excluding diaryl/α,β-unsaturated/α-hetero) is 1. The Labute approximate surface area is 159 Å². The summed E-state index contributed by atoms with van der Waals surface area (Å²) < 4.78 is 22.2. The number of thioether (sulfide) groups is 1. The van der Waals surface area contributed by atoms with Crippen LogP contribution < -0.4 is 14.2 Å². The van der Waals surface area contributed by atoms with Crippen LogP contribution >= 0.6 is 11.8 Å². The first-order valence-electron chi connectivity index (χ1n) is 8.25. The Morgan fingerprint density at radius 3 is 2.70 bits per heavy atom. The summed E-state index contributed by atoms with van der Waals surface area (Å²) in [5.41, 5.74) is 0.601. The fraction of sp³-hybridized carbons (Fsp3) is 0.211. The van der Waals surface area contributed by atoms with Gasteiger partial charge in [-0.3, -0.25) is 4.79 Å². The number of para-hydroxylation sites is 2. The maximum Gasteiger partial charge on any atom is 0.277 e. The number of hydrogen-bond acceptors (Lipinski definition) is 8. The lowest BCUT2D eigenvalue weighted by molar-refractivity contribution is 0.0686. The van der Waals surface area contributed by atoms with Crippen LogP contribution in [0, 0.1) is 0 Å². The largest absolute Gasteiger partial charge is 0.497 e. The van der Waals surface area contributed by atoms with Crippen molar-refractivity contribution in [3.05, 3.63) is 60.0 Å². The number of nitrogens with zero attached hydrogens (tertiary/aromatic N) is 2. The molecule has 0 N–H and O–H groups in total. The summed E-state index contributed by atoms with van der Waals surface area (Å²) in [5.74, 6) is 2.51. The van der Waals surface area contributed by atoms with Gasteiger partial charge in [0.1, 0.15) is 12.4 Å². The second-order valence-corrected chi connectivity index (χ2v) is 6.64. The highest BCUT2D eigenvalue weighted by Gasteiger charge is 2.27. The van der Waals surface area contributed by atoms with Gasteiger partial charge in [-0.1, -0.05) is 23.9 Å². The SMILES string of the molecule is COc1ccc(C(=O)CSc2nnc([C@@H]3COc4ccccc4O3)o2)cc1. The molecule has 0 amide bonds. The van der Waals surface area contributed by atoms with E-state index >= 15 is 0 Å². The zero-order valence-electron chi connectivity index (χ0n) is 14.5. The third-order valence-electron chi connectivity index (χ3n) is 3.94. The molecule has 1 aliphatic rings. The van der Waals surface area contributed by atoms with Crippen molar-refractivity contribution < 1.29 is 23.4 Å². The maximum absolute atomic E-state index is 12.3. The first-order chi connectivity index (χ1) is 13.2. The fourth-order valence-corrected chi connectivity index (χ4v) is 3.20. The van der Waals surface area contributed by atoms with E-state index in [1.165, 1.54) is 11.8 Å². The van der Waals surface area contributed by atoms with Crippen molar-refractivity contribution in [1.29, 1.82) is 0 Å². The van der Waals surface area contributed by atoms with Gasteiger partial charge in [0, 0.05) is 5.56 Å². The summed E-state index contributed by atoms with van der Waals surface area (Å²) >= 11 is 1.19. The molecule has 0 radical (unpaired) electrons. The van der Waals surface area contributed by atoms with E-state index in [-0.39, 0.29) is 18.1 Å². The highest BCUT2D eigenvalue weighted by Crippen LogP contribution is 2.36. The zero-order valence-corrected chi connectivity index (χ0v) is 15.3. The lowest BCUT2D eigenvalue weighted by Gasteiger charge is -2.23. The minimum Gasteiger partial charge on any atom is -0.497 e. The van der Waals surface area contributed by atoms with Crippen LogP contribution in [0.1, 0.15) is 22.4 Å². The third-order valence-corrected chi connectivity index (χ3v) is 4.76. The Morgan fingerprint density at radius 2 is 1.93 bits per heavy atom. The van der Waals surface area contributed by atoms with Gasteiger partial charge in [0.25, 0.3) is 11.1 Å². The van der Waals surface area contributed by atoms with Gasteiger partial charge in [-0.05, 0) is 36.4 Å². The van der Waals surface area contributed by atoms with Crippen molar-refractivity contribution in [2.24, 2.45) is 0 Å². The highest BCUT2D eigenvalue weighted by atomic mass is 32.2. The summed E-state index contributed by atoms with van der Waals surface area (Å²) in [6.45, 7) is 0.286. The minimum absolute atomic E-state index is 0.0337. The topological polar surface area (TPSA) is 83.7 Å². The molecule has 3 aromatic rings. The van der Waals surface area contributed by atoms with Crippen LogP contribution in [0.3, 0.4) is 0 Å². The number of fused-ring (bicyclic) bond motifs is 1. The Kier molecular flexibility index (Phi) is 4.97. The number of rotatable bonds is 6. The predicted octanol–water partition coefficient (Wildman–Crippen LogP) is 3.57. The van der Waals surface area contributed by atoms with Crippen molar-refractivity contribution in [1.82, 2.24) is 10.2 Å². The summed E-state index contributed by atoms with van der Waals surface area (Å²) in [5, 5.41) is 8.31. The molecule has 4 rings (SSSR count). The van der Waals surface area contributed by atoms with E-state index in [9.17, 15) is 4.79 Å². The van der Waals surface area contributed by atoms with E-state index in [2.05, 4.69) is 10.2 Å². The summed E-state index contributed by atoms with van der Waals surface area (Å²) in [7, 11) is 1.58. The Hall–Kier alpha value is -3.00. The Balaban J connectivity index is 1.36. The van der Waals surface area contributed by atoms with Gasteiger partial charge < -0.3 is 18.6 Å². The molecule has 27 heavy (non-hydrogen) atoms. The van der Waals surface area contributed by atoms with E-state index in [0.717, 1.165) is 0 Å². The number of methoxy groups -OCH3 is 1. The number of benzene rings is 2. The fourth-order valence-electron chi connectivity index (χ4n) is 2.54. The van der Waals surface area contributed by atoms with Gasteiger partial charge in [-0.15, -0.1) is 10.2 Å². The van der Waals surface area contributed by atoms with Crippen LogP contribution in [-0.2, 0) is 0 Å². The molecule has 0 saturated carbocycles. The molecular formula is C19H16N2O5S. The molecule has 0 unspecified atom stereocenters. The lowest BCUT2D eigenvalue weighted by atomic mass is 10.1. The van der Waals surface area contributed by atoms with Crippen LogP contribution in [0.4, 0.5) is 0 Å². The summed E-state index contributed by atoms with van der Waals surface area (Å²) in [4.78, 5) is 12.3. The summed E-state index contributed by atoms with van der Waals surface area (Å²) in [6.07, 6.45) is -0.473. The Bertz CT molecular complexity index is 941. The zero-order chi connectivity index (χ0) is 18.6. The van der Waals surface area contributed by atoms with E-state index in [4.69, 9.17) is 18.6 Å². The molecule has 0 saturated heterocycles. The molecule has 7 nitrogen and oxygen atoms in total. The number of ether oxygens (including phenoxy) is 3. The monoisotopic (exact) mass is 384 g/mol. The highest BCUT2D eigenvalue weighted by molar-refractivity contribution is 7.99. The molecule has 2 aromatic carbocycles. The molecule has 1 aromatic heterocycles. The third kappa shape index (κ3) is 3.90. The number of carbonyl (C=O) groups is 1. The van der Waals surface area contributed by atoms with Crippen LogP contribution in [0.15, 0.2) is 58.2 Å².